The molecule has 2 aromatic heterocycles. The molecule has 0 aliphatic carbocycles. The lowest BCUT2D eigenvalue weighted by atomic mass is 10.2. The van der Waals surface area contributed by atoms with Crippen LogP contribution in [0.5, 0.6) is 0 Å². The third kappa shape index (κ3) is 2.12. The van der Waals surface area contributed by atoms with Gasteiger partial charge < -0.3 is 5.73 Å². The molecule has 0 spiro atoms. The molecule has 0 fully saturated rings. The first kappa shape index (κ1) is 10.2. The molecular weight excluding hydrogens is 230 g/mol. The van der Waals surface area contributed by atoms with E-state index in [-0.39, 0.29) is 0 Å². The maximum absolute atomic E-state index is 5.61. The fraction of sp³-hybridized carbons (Fsp3) is 0.0769. The van der Waals surface area contributed by atoms with E-state index < -0.39 is 0 Å². The summed E-state index contributed by atoms with van der Waals surface area (Å²) in [4.78, 5) is 9.81. The van der Waals surface area contributed by atoms with Gasteiger partial charge in [-0.2, -0.15) is 0 Å². The minimum absolute atomic E-state index is 0.612. The summed E-state index contributed by atoms with van der Waals surface area (Å²) in [5, 5.41) is 1.78. The number of benzene rings is 1. The van der Waals surface area contributed by atoms with Crippen LogP contribution in [-0.2, 0) is 6.42 Å². The lowest BCUT2D eigenvalue weighted by Gasteiger charge is -2.00. The monoisotopic (exact) mass is 241 g/mol. The number of hydrogen-bond acceptors (Lipinski definition) is 4. The predicted octanol–water partition coefficient (Wildman–Crippen LogP) is 2.86. The molecule has 3 nitrogen and oxygen atoms in total. The highest BCUT2D eigenvalue weighted by Gasteiger charge is 2.02. The van der Waals surface area contributed by atoms with Crippen LogP contribution in [0.1, 0.15) is 10.6 Å². The second kappa shape index (κ2) is 4.14. The summed E-state index contributed by atoms with van der Waals surface area (Å²) in [7, 11) is 0. The molecule has 0 saturated heterocycles. The van der Waals surface area contributed by atoms with Crippen LogP contribution in [0.4, 0.5) is 5.13 Å². The topological polar surface area (TPSA) is 51.8 Å². The summed E-state index contributed by atoms with van der Waals surface area (Å²) >= 11 is 1.51. The van der Waals surface area contributed by atoms with Crippen molar-refractivity contribution in [3.8, 4) is 0 Å². The van der Waals surface area contributed by atoms with Crippen LogP contribution in [0.15, 0.2) is 42.6 Å². The molecule has 0 aliphatic rings. The average molecular weight is 241 g/mol. The van der Waals surface area contributed by atoms with Crippen molar-refractivity contribution < 1.29 is 0 Å². The maximum Gasteiger partial charge on any atom is 0.180 e. The molecule has 0 radical (unpaired) electrons. The molecule has 0 bridgehead atoms. The van der Waals surface area contributed by atoms with E-state index >= 15 is 0 Å². The van der Waals surface area contributed by atoms with E-state index in [9.17, 15) is 0 Å². The smallest absolute Gasteiger partial charge is 0.180 e. The second-order valence-corrected chi connectivity index (χ2v) is 4.98. The zero-order valence-corrected chi connectivity index (χ0v) is 9.95. The van der Waals surface area contributed by atoms with Crippen molar-refractivity contribution in [2.24, 2.45) is 0 Å². The number of anilines is 1. The van der Waals surface area contributed by atoms with Crippen molar-refractivity contribution in [1.29, 1.82) is 0 Å². The Bertz CT molecular complexity index is 660. The van der Waals surface area contributed by atoms with Gasteiger partial charge in [-0.05, 0) is 12.1 Å². The van der Waals surface area contributed by atoms with E-state index in [4.69, 9.17) is 5.73 Å². The number of nitrogens with two attached hydrogens (primary N) is 1. The van der Waals surface area contributed by atoms with Crippen LogP contribution in [0.3, 0.4) is 0 Å². The molecule has 84 valence electrons. The van der Waals surface area contributed by atoms with Gasteiger partial charge in [-0.1, -0.05) is 24.3 Å². The zero-order chi connectivity index (χ0) is 11.7. The molecule has 2 heterocycles. The quantitative estimate of drug-likeness (QED) is 0.750. The van der Waals surface area contributed by atoms with Gasteiger partial charge in [0, 0.05) is 28.6 Å². The lowest BCUT2D eigenvalue weighted by molar-refractivity contribution is 1.12. The Balaban J connectivity index is 1.95. The van der Waals surface area contributed by atoms with Gasteiger partial charge in [0.1, 0.15) is 0 Å². The summed E-state index contributed by atoms with van der Waals surface area (Å²) in [5.41, 5.74) is 7.69. The first-order valence-electron chi connectivity index (χ1n) is 5.36. The van der Waals surface area contributed by atoms with Crippen LogP contribution in [0, 0.1) is 0 Å². The van der Waals surface area contributed by atoms with Crippen molar-refractivity contribution in [1.82, 2.24) is 9.97 Å². The van der Waals surface area contributed by atoms with Gasteiger partial charge in [-0.25, -0.2) is 4.98 Å². The van der Waals surface area contributed by atoms with Crippen molar-refractivity contribution in [3.05, 3.63) is 53.2 Å². The predicted molar refractivity (Wildman–Crippen MR) is 71.1 cm³/mol. The van der Waals surface area contributed by atoms with Gasteiger partial charge in [0.25, 0.3) is 0 Å². The summed E-state index contributed by atoms with van der Waals surface area (Å²) in [5.74, 6) is 0. The molecular formula is C13H11N3S. The van der Waals surface area contributed by atoms with E-state index in [1.807, 2.05) is 24.4 Å². The van der Waals surface area contributed by atoms with E-state index in [0.29, 0.717) is 5.13 Å². The van der Waals surface area contributed by atoms with Gasteiger partial charge in [0.2, 0.25) is 0 Å². The van der Waals surface area contributed by atoms with Crippen molar-refractivity contribution in [3.63, 3.8) is 0 Å². The van der Waals surface area contributed by atoms with Crippen molar-refractivity contribution in [2.45, 2.75) is 6.42 Å². The summed E-state index contributed by atoms with van der Waals surface area (Å²) in [6.45, 7) is 0. The molecule has 4 heteroatoms. The Labute approximate surface area is 103 Å². The van der Waals surface area contributed by atoms with E-state index in [2.05, 4.69) is 28.2 Å². The first-order chi connectivity index (χ1) is 8.31. The molecule has 3 aromatic rings. The number of pyridine rings is 1. The number of para-hydroxylation sites is 1. The molecule has 1 aromatic carbocycles. The minimum atomic E-state index is 0.612. The largest absolute Gasteiger partial charge is 0.375 e. The Kier molecular flexibility index (Phi) is 2.49. The van der Waals surface area contributed by atoms with Gasteiger partial charge in [-0.15, -0.1) is 11.3 Å². The van der Waals surface area contributed by atoms with E-state index in [1.165, 1.54) is 16.7 Å². The zero-order valence-electron chi connectivity index (χ0n) is 9.13. The molecule has 17 heavy (non-hydrogen) atoms. The van der Waals surface area contributed by atoms with Gasteiger partial charge in [0.15, 0.2) is 5.13 Å². The van der Waals surface area contributed by atoms with Crippen molar-refractivity contribution >= 4 is 27.4 Å². The highest BCUT2D eigenvalue weighted by atomic mass is 32.1. The maximum atomic E-state index is 5.61. The molecule has 0 unspecified atom stereocenters. The number of nitrogens with zero attached hydrogens (tertiary/aromatic N) is 2. The number of thiazole rings is 1. The van der Waals surface area contributed by atoms with Gasteiger partial charge >= 0.3 is 0 Å². The molecule has 3 rings (SSSR count). The molecule has 0 saturated carbocycles. The average Bonchev–Trinajstić information content (AvgIpc) is 2.75. The summed E-state index contributed by atoms with van der Waals surface area (Å²) in [6.07, 6.45) is 2.61. The molecule has 0 aliphatic heterocycles. The second-order valence-electron chi connectivity index (χ2n) is 3.84. The molecule has 0 atom stereocenters. The van der Waals surface area contributed by atoms with E-state index in [1.54, 1.807) is 0 Å². The number of hydrogen-bond donors (Lipinski definition) is 1. The van der Waals surface area contributed by atoms with Crippen molar-refractivity contribution in [2.75, 3.05) is 5.73 Å². The number of fused-ring (bicyclic) bond motifs is 1. The SMILES string of the molecule is Nc1ncc(Cc2ccc3ccccc3n2)s1. The normalized spacial score (nSPS) is 10.8. The van der Waals surface area contributed by atoms with Crippen LogP contribution in [-0.4, -0.2) is 9.97 Å². The minimum Gasteiger partial charge on any atom is -0.375 e. The highest BCUT2D eigenvalue weighted by molar-refractivity contribution is 7.15. The van der Waals surface area contributed by atoms with Crippen LogP contribution in [0.25, 0.3) is 10.9 Å². The number of nitrogen functional groups attached to an aromatic ring is 1. The molecule has 2 N–H and O–H groups in total. The Morgan fingerprint density at radius 2 is 2.00 bits per heavy atom. The highest BCUT2D eigenvalue weighted by Crippen LogP contribution is 2.19. The van der Waals surface area contributed by atoms with Crippen LogP contribution >= 0.6 is 11.3 Å². The molecule has 0 amide bonds. The Morgan fingerprint density at radius 3 is 2.82 bits per heavy atom. The standard InChI is InChI=1S/C13H11N3S/c14-13-15-8-11(17-13)7-10-6-5-9-3-1-2-4-12(9)16-10/h1-6,8H,7H2,(H2,14,15). The fourth-order valence-electron chi connectivity index (χ4n) is 1.79. The summed E-state index contributed by atoms with van der Waals surface area (Å²) < 4.78 is 0. The third-order valence-corrected chi connectivity index (χ3v) is 3.41. The number of aromatic nitrogens is 2. The van der Waals surface area contributed by atoms with Crippen LogP contribution < -0.4 is 5.73 Å². The first-order valence-corrected chi connectivity index (χ1v) is 6.18. The van der Waals surface area contributed by atoms with Gasteiger partial charge in [0.05, 0.1) is 5.52 Å². The Morgan fingerprint density at radius 1 is 1.12 bits per heavy atom. The Hall–Kier alpha value is -1.94. The lowest BCUT2D eigenvalue weighted by Crippen LogP contribution is -1.90. The van der Waals surface area contributed by atoms with E-state index in [0.717, 1.165) is 22.5 Å². The fourth-order valence-corrected chi connectivity index (χ4v) is 2.49. The van der Waals surface area contributed by atoms with Crippen LogP contribution in [0.2, 0.25) is 0 Å². The summed E-state index contributed by atoms with van der Waals surface area (Å²) in [6, 6.07) is 12.3. The third-order valence-electron chi connectivity index (χ3n) is 2.58. The van der Waals surface area contributed by atoms with Gasteiger partial charge in [-0.3, -0.25) is 4.98 Å². The number of rotatable bonds is 2.